The lowest BCUT2D eigenvalue weighted by molar-refractivity contribution is -0.141. The minimum absolute atomic E-state index is 0.0141. The summed E-state index contributed by atoms with van der Waals surface area (Å²) in [7, 11) is 0. The third kappa shape index (κ3) is 7.29. The number of hydrogen-bond donors (Lipinski definition) is 2. The summed E-state index contributed by atoms with van der Waals surface area (Å²) < 4.78 is 42.2. The Labute approximate surface area is 306 Å². The van der Waals surface area contributed by atoms with Gasteiger partial charge in [0.15, 0.2) is 5.78 Å². The van der Waals surface area contributed by atoms with Crippen molar-refractivity contribution in [2.75, 3.05) is 18.4 Å². The van der Waals surface area contributed by atoms with Gasteiger partial charge in [0.2, 0.25) is 11.8 Å². The predicted molar refractivity (Wildman–Crippen MR) is 193 cm³/mol. The van der Waals surface area contributed by atoms with Gasteiger partial charge in [-0.25, -0.2) is 15.0 Å². The monoisotopic (exact) mass is 730 g/mol. The number of ketones is 1. The maximum absolute atomic E-state index is 14.5. The van der Waals surface area contributed by atoms with Crippen molar-refractivity contribution < 1.29 is 27.6 Å². The van der Waals surface area contributed by atoms with E-state index in [-0.39, 0.29) is 46.6 Å². The molecule has 2 amide bonds. The first-order valence-corrected chi connectivity index (χ1v) is 18.3. The van der Waals surface area contributed by atoms with Gasteiger partial charge in [0.05, 0.1) is 5.52 Å². The average Bonchev–Trinajstić information content (AvgIpc) is 3.49. The van der Waals surface area contributed by atoms with Crippen molar-refractivity contribution in [2.24, 2.45) is 10.8 Å². The molecule has 7 rings (SSSR count). The summed E-state index contributed by atoms with van der Waals surface area (Å²) >= 11 is 0. The van der Waals surface area contributed by atoms with Crippen LogP contribution in [0.25, 0.3) is 22.0 Å². The molecule has 0 spiro atoms. The molecule has 3 atom stereocenters. The number of piperidine rings is 1. The van der Waals surface area contributed by atoms with E-state index in [1.807, 2.05) is 13.0 Å². The van der Waals surface area contributed by atoms with Crippen molar-refractivity contribution in [3.8, 4) is 11.1 Å². The lowest BCUT2D eigenvalue weighted by atomic mass is 9.86. The Morgan fingerprint density at radius 2 is 1.75 bits per heavy atom. The third-order valence-electron chi connectivity index (χ3n) is 11.2. The molecule has 11 nitrogen and oxygen atoms in total. The maximum Gasteiger partial charge on any atom is 0.433 e. The van der Waals surface area contributed by atoms with Crippen LogP contribution >= 0.6 is 0 Å². The van der Waals surface area contributed by atoms with Crippen LogP contribution in [0.4, 0.5) is 19.0 Å². The topological polar surface area (TPSA) is 135 Å². The van der Waals surface area contributed by atoms with E-state index in [0.29, 0.717) is 48.1 Å². The van der Waals surface area contributed by atoms with E-state index in [2.05, 4.69) is 45.5 Å². The molecule has 1 aliphatic carbocycles. The maximum atomic E-state index is 14.5. The predicted octanol–water partition coefficient (Wildman–Crippen LogP) is 6.46. The second-order valence-corrected chi connectivity index (χ2v) is 15.9. The van der Waals surface area contributed by atoms with Gasteiger partial charge in [-0.2, -0.15) is 18.3 Å². The molecule has 2 bridgehead atoms. The van der Waals surface area contributed by atoms with Crippen LogP contribution in [0.2, 0.25) is 0 Å². The number of aromatic nitrogens is 5. The summed E-state index contributed by atoms with van der Waals surface area (Å²) in [5, 5.41) is 11.6. The Morgan fingerprint density at radius 3 is 2.47 bits per heavy atom. The van der Waals surface area contributed by atoms with E-state index in [1.54, 1.807) is 28.9 Å². The fourth-order valence-electron chi connectivity index (χ4n) is 8.20. The third-order valence-corrected chi connectivity index (χ3v) is 11.2. The molecule has 14 heteroatoms. The minimum Gasteiger partial charge on any atom is -0.325 e. The van der Waals surface area contributed by atoms with Crippen molar-refractivity contribution >= 4 is 34.3 Å². The molecule has 2 fully saturated rings. The number of aryl methyl sites for hydroxylation is 3. The molecule has 3 aromatic heterocycles. The van der Waals surface area contributed by atoms with Gasteiger partial charge < -0.3 is 15.5 Å². The number of benzene rings is 1. The van der Waals surface area contributed by atoms with Gasteiger partial charge in [0.25, 0.3) is 0 Å². The Morgan fingerprint density at radius 1 is 1.00 bits per heavy atom. The van der Waals surface area contributed by atoms with Crippen LogP contribution in [0.5, 0.6) is 0 Å². The molecule has 53 heavy (non-hydrogen) atoms. The summed E-state index contributed by atoms with van der Waals surface area (Å²) in [5.74, 6) is -0.736. The zero-order valence-corrected chi connectivity index (χ0v) is 30.7. The first-order valence-electron chi connectivity index (χ1n) is 18.3. The largest absolute Gasteiger partial charge is 0.433 e. The smallest absolute Gasteiger partial charge is 0.325 e. The molecular weight excluding hydrogens is 685 g/mol. The van der Waals surface area contributed by atoms with E-state index in [1.165, 1.54) is 13.0 Å². The average molecular weight is 731 g/mol. The standard InChI is InChI=1S/C39H45F3N8O3/c1-22-10-11-30(39(40,41)42)46-35(22)47-36(53)29-15-38-16-31(38)50(29)32(52)19-49-34-25(9-7-6-8-12-37(4,5)20-43-21-38)13-26(27-17-44-24(3)45-18-27)14-28(34)33(48-49)23(2)51/h10-11,13-14,17-18,29,31,43H,6-9,12,15-16,19-21H2,1-5H3,(H,46,47,53)/t29-,31+,38-/m0/s1. The SMILES string of the molecule is CC(=O)c1nn2c3c(cc(-c4cnc(C)nc4)cc13)CCCCCC(C)(C)CNC[C@@]13C[C@@H](C(=O)Nc4nc(C(F)(F)F)ccc4C)N(C(=O)C2)[C@@H]1C3. The molecule has 1 aromatic carbocycles. The number of hydrogen-bond acceptors (Lipinski definition) is 8. The molecule has 2 N–H and O–H groups in total. The number of rotatable bonds is 4. The lowest BCUT2D eigenvalue weighted by Crippen LogP contribution is -2.47. The van der Waals surface area contributed by atoms with E-state index < -0.39 is 23.8 Å². The number of alkyl halides is 3. The number of nitrogens with one attached hydrogen (secondary N) is 2. The second-order valence-electron chi connectivity index (χ2n) is 15.9. The zero-order chi connectivity index (χ0) is 37.9. The molecule has 0 radical (unpaired) electrons. The number of Topliss-reactive ketones (excluding diaryl/α,β-unsaturated/α-hetero) is 1. The van der Waals surface area contributed by atoms with Gasteiger partial charge >= 0.3 is 6.18 Å². The summed E-state index contributed by atoms with van der Waals surface area (Å²) in [5.41, 5.74) is 2.44. The minimum atomic E-state index is -4.69. The number of carbonyl (C=O) groups excluding carboxylic acids is 3. The molecule has 4 aromatic rings. The summed E-state index contributed by atoms with van der Waals surface area (Å²) in [4.78, 5) is 55.7. The number of halogens is 3. The molecule has 1 saturated carbocycles. The van der Waals surface area contributed by atoms with Gasteiger partial charge in [0, 0.05) is 54.8 Å². The summed E-state index contributed by atoms with van der Waals surface area (Å²) in [6.45, 7) is 10.5. The zero-order valence-electron chi connectivity index (χ0n) is 30.7. The van der Waals surface area contributed by atoms with Crippen LogP contribution in [0.1, 0.15) is 92.4 Å². The van der Waals surface area contributed by atoms with E-state index in [9.17, 15) is 27.6 Å². The summed E-state index contributed by atoms with van der Waals surface area (Å²) in [6, 6.07) is 4.93. The molecule has 2 aliphatic heterocycles. The highest BCUT2D eigenvalue weighted by molar-refractivity contribution is 6.07. The highest BCUT2D eigenvalue weighted by atomic mass is 19.4. The quantitative estimate of drug-likeness (QED) is 0.229. The van der Waals surface area contributed by atoms with E-state index in [0.717, 1.165) is 55.0 Å². The molecule has 0 unspecified atom stereocenters. The van der Waals surface area contributed by atoms with Crippen molar-refractivity contribution in [2.45, 2.75) is 104 Å². The van der Waals surface area contributed by atoms with Gasteiger partial charge in [-0.3, -0.25) is 19.1 Å². The van der Waals surface area contributed by atoms with Crippen LogP contribution in [-0.4, -0.2) is 72.4 Å². The Bertz CT molecular complexity index is 2090. The van der Waals surface area contributed by atoms with E-state index in [4.69, 9.17) is 5.10 Å². The summed E-state index contributed by atoms with van der Waals surface area (Å²) in [6.07, 6.45) is 4.51. The first-order chi connectivity index (χ1) is 25.0. The van der Waals surface area contributed by atoms with E-state index >= 15 is 0 Å². The van der Waals surface area contributed by atoms with Crippen LogP contribution in [0, 0.1) is 24.7 Å². The molecule has 280 valence electrons. The number of nitrogens with zero attached hydrogens (tertiary/aromatic N) is 6. The second kappa shape index (κ2) is 13.6. The first kappa shape index (κ1) is 36.6. The van der Waals surface area contributed by atoms with Crippen molar-refractivity contribution in [3.05, 3.63) is 65.0 Å². The van der Waals surface area contributed by atoms with Crippen LogP contribution in [0.3, 0.4) is 0 Å². The van der Waals surface area contributed by atoms with Crippen molar-refractivity contribution in [1.29, 1.82) is 0 Å². The molecule has 1 saturated heterocycles. The van der Waals surface area contributed by atoms with Gasteiger partial charge in [-0.1, -0.05) is 32.8 Å². The highest BCUT2D eigenvalue weighted by Gasteiger charge is 2.66. The number of pyridine rings is 1. The van der Waals surface area contributed by atoms with Gasteiger partial charge in [-0.15, -0.1) is 0 Å². The van der Waals surface area contributed by atoms with Crippen LogP contribution < -0.4 is 10.6 Å². The Hall–Kier alpha value is -4.72. The normalized spacial score (nSPS) is 23.4. The lowest BCUT2D eigenvalue weighted by Gasteiger charge is -2.27. The van der Waals surface area contributed by atoms with Gasteiger partial charge in [0.1, 0.15) is 35.6 Å². The van der Waals surface area contributed by atoms with Crippen molar-refractivity contribution in [3.63, 3.8) is 0 Å². The highest BCUT2D eigenvalue weighted by Crippen LogP contribution is 2.59. The fourth-order valence-corrected chi connectivity index (χ4v) is 8.20. The van der Waals surface area contributed by atoms with Crippen LogP contribution in [0.15, 0.2) is 36.7 Å². The van der Waals surface area contributed by atoms with Crippen molar-refractivity contribution in [1.82, 2.24) is 34.9 Å². The Kier molecular flexibility index (Phi) is 9.40. The molecular formula is C39H45F3N8O3. The van der Waals surface area contributed by atoms with Crippen LogP contribution in [-0.2, 0) is 28.7 Å². The molecule has 5 heterocycles. The Balaban J connectivity index is 1.28. The molecule has 3 aliphatic rings. The fraction of sp³-hybridized carbons (Fsp3) is 0.513. The number of amides is 2. The number of anilines is 1. The van der Waals surface area contributed by atoms with Gasteiger partial charge in [-0.05, 0) is 86.3 Å². The number of carbonyl (C=O) groups is 3.